The average Bonchev–Trinajstić information content (AvgIpc) is 2.70. The molecule has 0 bridgehead atoms. The van der Waals surface area contributed by atoms with E-state index in [2.05, 4.69) is 14.8 Å². The predicted molar refractivity (Wildman–Crippen MR) is 85.8 cm³/mol. The zero-order valence-electron chi connectivity index (χ0n) is 13.2. The van der Waals surface area contributed by atoms with E-state index in [0.717, 1.165) is 52.1 Å². The first-order valence-corrected chi connectivity index (χ1v) is 7.88. The molecule has 0 amide bonds. The van der Waals surface area contributed by atoms with Crippen molar-refractivity contribution in [1.82, 2.24) is 14.5 Å². The van der Waals surface area contributed by atoms with Crippen molar-refractivity contribution in [3.8, 4) is 0 Å². The van der Waals surface area contributed by atoms with E-state index in [1.165, 1.54) is 0 Å². The zero-order valence-corrected chi connectivity index (χ0v) is 13.2. The van der Waals surface area contributed by atoms with Gasteiger partial charge in [-0.3, -0.25) is 4.79 Å². The molecule has 2 rings (SSSR count). The molecule has 0 unspecified atom stereocenters. The molecule has 2 N–H and O–H groups in total. The zero-order chi connectivity index (χ0) is 15.2. The van der Waals surface area contributed by atoms with Gasteiger partial charge in [-0.2, -0.15) is 0 Å². The molecular weight excluding hydrogens is 266 g/mol. The molecule has 1 aromatic rings. The van der Waals surface area contributed by atoms with Crippen LogP contribution in [0.25, 0.3) is 0 Å². The summed E-state index contributed by atoms with van der Waals surface area (Å²) in [6, 6.07) is 0.160. The van der Waals surface area contributed by atoms with E-state index in [1.54, 1.807) is 17.0 Å². The number of rotatable bonds is 5. The van der Waals surface area contributed by atoms with E-state index in [-0.39, 0.29) is 11.6 Å². The van der Waals surface area contributed by atoms with Gasteiger partial charge in [-0.15, -0.1) is 0 Å². The van der Waals surface area contributed by atoms with E-state index in [0.29, 0.717) is 5.82 Å². The molecule has 0 aliphatic carbocycles. The number of nitrogens with two attached hydrogens (primary N) is 1. The maximum Gasteiger partial charge on any atom is 0.293 e. The lowest BCUT2D eigenvalue weighted by Gasteiger charge is -2.23. The Morgan fingerprint density at radius 2 is 2.10 bits per heavy atom. The van der Waals surface area contributed by atoms with Gasteiger partial charge in [0.25, 0.3) is 5.56 Å². The lowest BCUT2D eigenvalue weighted by atomic mass is 10.3. The van der Waals surface area contributed by atoms with Crippen LogP contribution < -0.4 is 16.2 Å². The molecule has 2 heterocycles. The second-order valence-corrected chi connectivity index (χ2v) is 5.88. The molecule has 1 saturated heterocycles. The van der Waals surface area contributed by atoms with Gasteiger partial charge < -0.3 is 20.1 Å². The van der Waals surface area contributed by atoms with Crippen molar-refractivity contribution in [2.45, 2.75) is 32.7 Å². The van der Waals surface area contributed by atoms with Crippen molar-refractivity contribution < 1.29 is 0 Å². The van der Waals surface area contributed by atoms with Crippen molar-refractivity contribution in [2.75, 3.05) is 44.2 Å². The van der Waals surface area contributed by atoms with Gasteiger partial charge >= 0.3 is 0 Å². The fraction of sp³-hybridized carbons (Fsp3) is 0.733. The Morgan fingerprint density at radius 3 is 2.81 bits per heavy atom. The Morgan fingerprint density at radius 1 is 1.29 bits per heavy atom. The highest BCUT2D eigenvalue weighted by atomic mass is 16.1. The van der Waals surface area contributed by atoms with Crippen LogP contribution in [0.15, 0.2) is 17.2 Å². The summed E-state index contributed by atoms with van der Waals surface area (Å²) in [7, 11) is 0. The van der Waals surface area contributed by atoms with Gasteiger partial charge in [-0.05, 0) is 46.3 Å². The molecule has 0 radical (unpaired) electrons. The van der Waals surface area contributed by atoms with Crippen molar-refractivity contribution in [2.24, 2.45) is 5.73 Å². The second kappa shape index (κ2) is 7.56. The Balaban J connectivity index is 2.09. The van der Waals surface area contributed by atoms with Crippen LogP contribution in [-0.4, -0.2) is 53.7 Å². The quantitative estimate of drug-likeness (QED) is 0.865. The molecule has 0 saturated carbocycles. The number of nitrogens with zero attached hydrogens (tertiary/aromatic N) is 4. The molecule has 21 heavy (non-hydrogen) atoms. The van der Waals surface area contributed by atoms with E-state index in [1.807, 2.05) is 13.8 Å². The summed E-state index contributed by atoms with van der Waals surface area (Å²) in [4.78, 5) is 21.4. The average molecular weight is 293 g/mol. The highest BCUT2D eigenvalue weighted by Gasteiger charge is 2.19. The van der Waals surface area contributed by atoms with Crippen molar-refractivity contribution in [3.05, 3.63) is 22.7 Å². The number of hydrogen-bond donors (Lipinski definition) is 1. The van der Waals surface area contributed by atoms with Gasteiger partial charge in [-0.1, -0.05) is 0 Å². The summed E-state index contributed by atoms with van der Waals surface area (Å²) in [6.45, 7) is 9.60. The minimum absolute atomic E-state index is 0.0166. The molecular formula is C15H27N5O. The highest BCUT2D eigenvalue weighted by molar-refractivity contribution is 5.36. The van der Waals surface area contributed by atoms with Crippen LogP contribution in [0.1, 0.15) is 32.7 Å². The summed E-state index contributed by atoms with van der Waals surface area (Å²) in [5.41, 5.74) is 5.59. The van der Waals surface area contributed by atoms with Gasteiger partial charge in [0.15, 0.2) is 5.82 Å². The maximum atomic E-state index is 12.5. The summed E-state index contributed by atoms with van der Waals surface area (Å²) in [6.07, 6.45) is 5.59. The third-order valence-electron chi connectivity index (χ3n) is 3.97. The van der Waals surface area contributed by atoms with E-state index >= 15 is 0 Å². The Bertz CT molecular complexity index is 499. The van der Waals surface area contributed by atoms with Crippen molar-refractivity contribution in [3.63, 3.8) is 0 Å². The summed E-state index contributed by atoms with van der Waals surface area (Å²) >= 11 is 0. The van der Waals surface area contributed by atoms with Crippen LogP contribution >= 0.6 is 0 Å². The van der Waals surface area contributed by atoms with Crippen LogP contribution in [0.5, 0.6) is 0 Å². The SMILES string of the molecule is CC(C)n1ccnc(N2CCCN(CCCN)CC2)c1=O. The third kappa shape index (κ3) is 4.04. The van der Waals surface area contributed by atoms with Gasteiger partial charge in [0, 0.05) is 38.1 Å². The molecule has 1 fully saturated rings. The third-order valence-corrected chi connectivity index (χ3v) is 3.97. The lowest BCUT2D eigenvalue weighted by Crippen LogP contribution is -2.37. The van der Waals surface area contributed by atoms with Crippen LogP contribution in [0.4, 0.5) is 5.82 Å². The molecule has 1 aliphatic rings. The number of hydrogen-bond acceptors (Lipinski definition) is 5. The first kappa shape index (κ1) is 16.0. The minimum Gasteiger partial charge on any atom is -0.351 e. The van der Waals surface area contributed by atoms with E-state index in [9.17, 15) is 4.79 Å². The topological polar surface area (TPSA) is 67.4 Å². The molecule has 1 aromatic heterocycles. The lowest BCUT2D eigenvalue weighted by molar-refractivity contribution is 0.291. The van der Waals surface area contributed by atoms with Gasteiger partial charge in [0.1, 0.15) is 0 Å². The van der Waals surface area contributed by atoms with Crippen LogP contribution in [-0.2, 0) is 0 Å². The normalized spacial score (nSPS) is 17.2. The maximum absolute atomic E-state index is 12.5. The first-order valence-electron chi connectivity index (χ1n) is 7.88. The Hall–Kier alpha value is -1.40. The van der Waals surface area contributed by atoms with Crippen LogP contribution in [0, 0.1) is 0 Å². The number of anilines is 1. The van der Waals surface area contributed by atoms with Gasteiger partial charge in [0.2, 0.25) is 0 Å². The smallest absolute Gasteiger partial charge is 0.293 e. The van der Waals surface area contributed by atoms with Gasteiger partial charge in [0.05, 0.1) is 0 Å². The Kier molecular flexibility index (Phi) is 5.76. The fourth-order valence-electron chi connectivity index (χ4n) is 2.76. The summed E-state index contributed by atoms with van der Waals surface area (Å²) in [5, 5.41) is 0. The van der Waals surface area contributed by atoms with Gasteiger partial charge in [-0.25, -0.2) is 4.98 Å². The Labute approximate surface area is 126 Å². The molecule has 0 spiro atoms. The second-order valence-electron chi connectivity index (χ2n) is 5.88. The fourth-order valence-corrected chi connectivity index (χ4v) is 2.76. The molecule has 6 nitrogen and oxygen atoms in total. The summed E-state index contributed by atoms with van der Waals surface area (Å²) in [5.74, 6) is 0.590. The van der Waals surface area contributed by atoms with E-state index in [4.69, 9.17) is 5.73 Å². The largest absolute Gasteiger partial charge is 0.351 e. The van der Waals surface area contributed by atoms with Crippen LogP contribution in [0.3, 0.4) is 0 Å². The minimum atomic E-state index is 0.0166. The van der Waals surface area contributed by atoms with Crippen LogP contribution in [0.2, 0.25) is 0 Å². The predicted octanol–water partition coefficient (Wildman–Crippen LogP) is 0.685. The standard InChI is InChI=1S/C15H27N5O/c1-13(2)20-10-6-17-14(15(20)21)19-9-4-8-18(11-12-19)7-3-5-16/h6,10,13H,3-5,7-9,11-12,16H2,1-2H3. The first-order chi connectivity index (χ1) is 10.1. The molecule has 1 aliphatic heterocycles. The molecule has 0 atom stereocenters. The monoisotopic (exact) mass is 293 g/mol. The number of aromatic nitrogens is 2. The molecule has 6 heteroatoms. The van der Waals surface area contributed by atoms with Crippen molar-refractivity contribution >= 4 is 5.82 Å². The summed E-state index contributed by atoms with van der Waals surface area (Å²) < 4.78 is 1.75. The molecule has 0 aromatic carbocycles. The van der Waals surface area contributed by atoms with Crippen molar-refractivity contribution in [1.29, 1.82) is 0 Å². The van der Waals surface area contributed by atoms with E-state index < -0.39 is 0 Å². The molecule has 118 valence electrons. The highest BCUT2D eigenvalue weighted by Crippen LogP contribution is 2.11.